The summed E-state index contributed by atoms with van der Waals surface area (Å²) in [6.45, 7) is 4.69. The number of hydrogen-bond donors (Lipinski definition) is 1. The Morgan fingerprint density at radius 3 is 2.56 bits per heavy atom. The maximum atomic E-state index is 12.1. The summed E-state index contributed by atoms with van der Waals surface area (Å²) < 4.78 is 1.02. The van der Waals surface area contributed by atoms with Crippen LogP contribution >= 0.6 is 28.3 Å². The number of carbonyl (C=O) groups excluding carboxylic acids is 1. The van der Waals surface area contributed by atoms with Gasteiger partial charge in [-0.25, -0.2) is 0 Å². The standard InChI is InChI=1S/C13H19BrN2O.ClH/c1-13(2,9-15)12(17)16(3)8-10-5-4-6-11(14)7-10;/h4-7H,8-9,15H2,1-3H3;1H. The first-order chi connectivity index (χ1) is 7.86. The maximum absolute atomic E-state index is 12.1. The molecule has 2 N–H and O–H groups in total. The predicted molar refractivity (Wildman–Crippen MR) is 80.7 cm³/mol. The Kier molecular flexibility index (Phi) is 6.89. The molecule has 0 saturated heterocycles. The van der Waals surface area contributed by atoms with Crippen molar-refractivity contribution < 1.29 is 4.79 Å². The van der Waals surface area contributed by atoms with E-state index in [2.05, 4.69) is 15.9 Å². The van der Waals surface area contributed by atoms with Crippen LogP contribution in [0.5, 0.6) is 0 Å². The van der Waals surface area contributed by atoms with E-state index in [4.69, 9.17) is 5.73 Å². The zero-order valence-electron chi connectivity index (χ0n) is 10.9. The fourth-order valence-electron chi connectivity index (χ4n) is 1.58. The Hall–Kier alpha value is -0.580. The molecule has 0 fully saturated rings. The highest BCUT2D eigenvalue weighted by molar-refractivity contribution is 9.10. The SMILES string of the molecule is CN(Cc1cccc(Br)c1)C(=O)C(C)(C)CN.Cl. The van der Waals surface area contributed by atoms with Gasteiger partial charge in [-0.3, -0.25) is 4.79 Å². The lowest BCUT2D eigenvalue weighted by Gasteiger charge is -2.28. The molecule has 0 bridgehead atoms. The van der Waals surface area contributed by atoms with Crippen LogP contribution in [0.3, 0.4) is 0 Å². The highest BCUT2D eigenvalue weighted by Gasteiger charge is 2.28. The highest BCUT2D eigenvalue weighted by atomic mass is 79.9. The molecule has 0 radical (unpaired) electrons. The molecule has 0 aliphatic rings. The van der Waals surface area contributed by atoms with Crippen LogP contribution in [-0.4, -0.2) is 24.4 Å². The lowest BCUT2D eigenvalue weighted by molar-refractivity contribution is -0.139. The second kappa shape index (κ2) is 7.12. The molecule has 5 heteroatoms. The summed E-state index contributed by atoms with van der Waals surface area (Å²) in [4.78, 5) is 13.8. The molecule has 0 heterocycles. The average Bonchev–Trinajstić information content (AvgIpc) is 2.28. The fourth-order valence-corrected chi connectivity index (χ4v) is 2.03. The molecular weight excluding hydrogens is 316 g/mol. The van der Waals surface area contributed by atoms with Gasteiger partial charge in [0.1, 0.15) is 0 Å². The van der Waals surface area contributed by atoms with Gasteiger partial charge in [0.15, 0.2) is 0 Å². The summed E-state index contributed by atoms with van der Waals surface area (Å²) in [7, 11) is 1.81. The van der Waals surface area contributed by atoms with Crippen LogP contribution in [0, 0.1) is 5.41 Å². The van der Waals surface area contributed by atoms with Crippen LogP contribution in [0.15, 0.2) is 28.7 Å². The number of benzene rings is 1. The van der Waals surface area contributed by atoms with Crippen LogP contribution in [0.2, 0.25) is 0 Å². The Morgan fingerprint density at radius 2 is 2.06 bits per heavy atom. The molecule has 1 aromatic rings. The van der Waals surface area contributed by atoms with E-state index in [1.54, 1.807) is 11.9 Å². The molecule has 0 aliphatic heterocycles. The van der Waals surface area contributed by atoms with Gasteiger partial charge in [0.05, 0.1) is 5.41 Å². The van der Waals surface area contributed by atoms with Gasteiger partial charge in [0, 0.05) is 24.6 Å². The average molecular weight is 336 g/mol. The van der Waals surface area contributed by atoms with Crippen LogP contribution < -0.4 is 5.73 Å². The van der Waals surface area contributed by atoms with Gasteiger partial charge in [0.25, 0.3) is 0 Å². The minimum atomic E-state index is -0.499. The number of halogens is 2. The smallest absolute Gasteiger partial charge is 0.229 e. The van der Waals surface area contributed by atoms with Gasteiger partial charge < -0.3 is 10.6 Å². The normalized spacial score (nSPS) is 10.7. The number of nitrogens with two attached hydrogens (primary N) is 1. The summed E-state index contributed by atoms with van der Waals surface area (Å²) in [6, 6.07) is 7.95. The third kappa shape index (κ3) is 4.59. The van der Waals surface area contributed by atoms with Gasteiger partial charge >= 0.3 is 0 Å². The molecule has 3 nitrogen and oxygen atoms in total. The van der Waals surface area contributed by atoms with Crippen LogP contribution in [0.25, 0.3) is 0 Å². The maximum Gasteiger partial charge on any atom is 0.229 e. The van der Waals surface area contributed by atoms with Crippen LogP contribution in [0.1, 0.15) is 19.4 Å². The Balaban J connectivity index is 0.00000289. The van der Waals surface area contributed by atoms with Gasteiger partial charge in [-0.05, 0) is 31.5 Å². The Morgan fingerprint density at radius 1 is 1.44 bits per heavy atom. The first-order valence-corrected chi connectivity index (χ1v) is 6.36. The molecule has 0 saturated carbocycles. The van der Waals surface area contributed by atoms with E-state index in [0.717, 1.165) is 10.0 Å². The minimum Gasteiger partial charge on any atom is -0.341 e. The third-order valence-electron chi connectivity index (χ3n) is 2.74. The lowest BCUT2D eigenvalue weighted by Crippen LogP contribution is -2.42. The van der Waals surface area contributed by atoms with Crippen LogP contribution in [0.4, 0.5) is 0 Å². The molecule has 0 atom stereocenters. The molecule has 0 spiro atoms. The zero-order valence-corrected chi connectivity index (χ0v) is 13.3. The first-order valence-electron chi connectivity index (χ1n) is 5.57. The number of amides is 1. The molecule has 1 amide bonds. The van der Waals surface area contributed by atoms with E-state index >= 15 is 0 Å². The third-order valence-corrected chi connectivity index (χ3v) is 3.24. The van der Waals surface area contributed by atoms with Crippen LogP contribution in [-0.2, 0) is 11.3 Å². The van der Waals surface area contributed by atoms with Gasteiger partial charge in [0.2, 0.25) is 5.91 Å². The van der Waals surface area contributed by atoms with Crippen molar-refractivity contribution in [3.63, 3.8) is 0 Å². The summed E-state index contributed by atoms with van der Waals surface area (Å²) in [5, 5.41) is 0. The van der Waals surface area contributed by atoms with E-state index < -0.39 is 5.41 Å². The van der Waals surface area contributed by atoms with E-state index in [0.29, 0.717) is 13.1 Å². The molecule has 1 aromatic carbocycles. The summed E-state index contributed by atoms with van der Waals surface area (Å²) >= 11 is 3.42. The van der Waals surface area contributed by atoms with Crippen molar-refractivity contribution in [2.24, 2.45) is 11.1 Å². The summed E-state index contributed by atoms with van der Waals surface area (Å²) in [5.74, 6) is 0.0694. The number of nitrogens with zero attached hydrogens (tertiary/aromatic N) is 1. The van der Waals surface area contributed by atoms with Crippen molar-refractivity contribution in [3.05, 3.63) is 34.3 Å². The summed E-state index contributed by atoms with van der Waals surface area (Å²) in [5.41, 5.74) is 6.21. The molecule has 102 valence electrons. The fraction of sp³-hybridized carbons (Fsp3) is 0.462. The van der Waals surface area contributed by atoms with Crippen molar-refractivity contribution in [2.45, 2.75) is 20.4 Å². The van der Waals surface area contributed by atoms with Gasteiger partial charge in [-0.15, -0.1) is 12.4 Å². The van der Waals surface area contributed by atoms with Crippen molar-refractivity contribution in [1.82, 2.24) is 4.90 Å². The van der Waals surface area contributed by atoms with E-state index in [9.17, 15) is 4.79 Å². The molecule has 18 heavy (non-hydrogen) atoms. The Bertz CT molecular complexity index is 410. The van der Waals surface area contributed by atoms with Gasteiger partial charge in [-0.2, -0.15) is 0 Å². The van der Waals surface area contributed by atoms with Gasteiger partial charge in [-0.1, -0.05) is 28.1 Å². The number of rotatable bonds is 4. The minimum absolute atomic E-state index is 0. The van der Waals surface area contributed by atoms with Crippen molar-refractivity contribution in [1.29, 1.82) is 0 Å². The topological polar surface area (TPSA) is 46.3 Å². The lowest BCUT2D eigenvalue weighted by atomic mass is 9.92. The largest absolute Gasteiger partial charge is 0.341 e. The second-order valence-corrected chi connectivity index (χ2v) is 5.79. The zero-order chi connectivity index (χ0) is 13.1. The predicted octanol–water partition coefficient (Wildman–Crippen LogP) is 2.81. The molecule has 0 unspecified atom stereocenters. The number of carbonyl (C=O) groups is 1. The molecular formula is C13H20BrClN2O. The molecule has 0 aliphatic carbocycles. The monoisotopic (exact) mass is 334 g/mol. The molecule has 0 aromatic heterocycles. The van der Waals surface area contributed by atoms with E-state index in [1.165, 1.54) is 0 Å². The van der Waals surface area contributed by atoms with Crippen molar-refractivity contribution >= 4 is 34.2 Å². The van der Waals surface area contributed by atoms with E-state index in [1.807, 2.05) is 38.1 Å². The highest BCUT2D eigenvalue weighted by Crippen LogP contribution is 2.19. The Labute approximate surface area is 123 Å². The molecule has 1 rings (SSSR count). The quantitative estimate of drug-likeness (QED) is 0.919. The summed E-state index contributed by atoms with van der Waals surface area (Å²) in [6.07, 6.45) is 0. The van der Waals surface area contributed by atoms with Crippen molar-refractivity contribution in [3.8, 4) is 0 Å². The van der Waals surface area contributed by atoms with E-state index in [-0.39, 0.29) is 18.3 Å². The van der Waals surface area contributed by atoms with Crippen molar-refractivity contribution in [2.75, 3.05) is 13.6 Å². The second-order valence-electron chi connectivity index (χ2n) is 4.88. The number of hydrogen-bond acceptors (Lipinski definition) is 2. The first kappa shape index (κ1) is 17.4.